The second kappa shape index (κ2) is 10.0. The lowest BCUT2D eigenvalue weighted by Crippen LogP contribution is -2.40. The summed E-state index contributed by atoms with van der Waals surface area (Å²) in [6.07, 6.45) is -1.83. The van der Waals surface area contributed by atoms with Gasteiger partial charge in [-0.05, 0) is 49.9 Å². The molecule has 1 saturated carbocycles. The molecule has 2 N–H and O–H groups in total. The van der Waals surface area contributed by atoms with Gasteiger partial charge in [0.15, 0.2) is 5.69 Å². The Hall–Kier alpha value is -3.44. The lowest BCUT2D eigenvalue weighted by molar-refractivity contribution is -0.140. The van der Waals surface area contributed by atoms with Crippen molar-refractivity contribution in [1.82, 2.24) is 19.7 Å². The quantitative estimate of drug-likeness (QED) is 0.468. The molecule has 0 saturated heterocycles. The number of anilines is 2. The fraction of sp³-hybridized carbons (Fsp3) is 0.435. The van der Waals surface area contributed by atoms with Crippen LogP contribution in [0, 0.1) is 0 Å². The second-order valence-electron chi connectivity index (χ2n) is 8.61. The van der Waals surface area contributed by atoms with Crippen molar-refractivity contribution >= 4 is 23.2 Å². The highest BCUT2D eigenvalue weighted by atomic mass is 19.4. The largest absolute Gasteiger partial charge is 0.434 e. The van der Waals surface area contributed by atoms with Crippen molar-refractivity contribution in [2.45, 2.75) is 50.4 Å². The van der Waals surface area contributed by atoms with Crippen molar-refractivity contribution in [3.63, 3.8) is 0 Å². The number of alkyl halides is 5. The number of nitrogens with zero attached hydrogens (tertiary/aromatic N) is 4. The Bertz CT molecular complexity index is 1160. The Kier molecular flexibility index (Phi) is 7.08. The molecule has 3 heterocycles. The smallest absolute Gasteiger partial charge is 0.368 e. The molecule has 0 aliphatic heterocycles. The van der Waals surface area contributed by atoms with E-state index in [1.165, 1.54) is 34.7 Å². The van der Waals surface area contributed by atoms with E-state index in [0.29, 0.717) is 30.0 Å². The zero-order chi connectivity index (χ0) is 25.2. The average molecular weight is 496 g/mol. The molecule has 7 nitrogen and oxygen atoms in total. The third kappa shape index (κ3) is 5.98. The number of aromatic nitrogens is 3. The topological polar surface area (TPSA) is 74.6 Å². The van der Waals surface area contributed by atoms with Crippen LogP contribution in [0.4, 0.5) is 33.6 Å². The second-order valence-corrected chi connectivity index (χ2v) is 8.61. The van der Waals surface area contributed by atoms with Crippen LogP contribution in [-0.2, 0) is 6.18 Å². The molecule has 1 aliphatic rings. The minimum Gasteiger partial charge on any atom is -0.368 e. The number of pyridine rings is 2. The van der Waals surface area contributed by atoms with E-state index in [9.17, 15) is 26.7 Å². The van der Waals surface area contributed by atoms with E-state index < -0.39 is 24.8 Å². The molecule has 3 aromatic heterocycles. The van der Waals surface area contributed by atoms with E-state index in [1.54, 1.807) is 18.2 Å². The Morgan fingerprint density at radius 3 is 2.49 bits per heavy atom. The summed E-state index contributed by atoms with van der Waals surface area (Å²) in [5.74, 6) is 0.587. The van der Waals surface area contributed by atoms with Gasteiger partial charge in [0, 0.05) is 31.5 Å². The van der Waals surface area contributed by atoms with Crippen LogP contribution < -0.4 is 15.5 Å². The van der Waals surface area contributed by atoms with Crippen LogP contribution in [0.3, 0.4) is 0 Å². The third-order valence-corrected chi connectivity index (χ3v) is 6.01. The number of carbonyl (C=O) groups is 1. The summed E-state index contributed by atoms with van der Waals surface area (Å²) in [5, 5.41) is 6.27. The molecule has 0 radical (unpaired) electrons. The van der Waals surface area contributed by atoms with Crippen molar-refractivity contribution in [3.05, 3.63) is 54.0 Å². The Morgan fingerprint density at radius 1 is 1.14 bits per heavy atom. The molecule has 1 fully saturated rings. The van der Waals surface area contributed by atoms with E-state index in [-0.39, 0.29) is 23.6 Å². The zero-order valence-electron chi connectivity index (χ0n) is 18.9. The summed E-state index contributed by atoms with van der Waals surface area (Å²) in [5.41, 5.74) is -0.392. The van der Waals surface area contributed by atoms with Crippen LogP contribution >= 0.6 is 0 Å². The number of hydrogen-bond donors (Lipinski definition) is 2. The van der Waals surface area contributed by atoms with Gasteiger partial charge < -0.3 is 15.5 Å². The predicted octanol–water partition coefficient (Wildman–Crippen LogP) is 4.60. The molecule has 0 bridgehead atoms. The van der Waals surface area contributed by atoms with Gasteiger partial charge in [-0.15, -0.1) is 0 Å². The average Bonchev–Trinajstić information content (AvgIpc) is 3.26. The number of rotatable bonds is 7. The molecule has 35 heavy (non-hydrogen) atoms. The van der Waals surface area contributed by atoms with Crippen LogP contribution in [0.25, 0.3) is 5.65 Å². The summed E-state index contributed by atoms with van der Waals surface area (Å²) in [7, 11) is 1.50. The van der Waals surface area contributed by atoms with Gasteiger partial charge in [0.05, 0.1) is 12.1 Å². The summed E-state index contributed by atoms with van der Waals surface area (Å²) < 4.78 is 65.5. The lowest BCUT2D eigenvalue weighted by Gasteiger charge is -2.30. The molecule has 12 heteroatoms. The van der Waals surface area contributed by atoms with Crippen LogP contribution in [-0.4, -0.2) is 52.4 Å². The number of hydrogen-bond acceptors (Lipinski definition) is 5. The van der Waals surface area contributed by atoms with E-state index in [2.05, 4.69) is 20.6 Å². The van der Waals surface area contributed by atoms with Crippen molar-refractivity contribution in [1.29, 1.82) is 0 Å². The highest BCUT2D eigenvalue weighted by Crippen LogP contribution is 2.30. The van der Waals surface area contributed by atoms with Gasteiger partial charge in [-0.2, -0.15) is 13.2 Å². The van der Waals surface area contributed by atoms with Gasteiger partial charge in [-0.1, -0.05) is 6.07 Å². The SMILES string of the molecule is CN(CC(F)F)c1ccc(C(=O)NC2CCC(Nc3cccc4nc(C(F)(F)F)cn34)CC2)cn1. The molecule has 0 unspecified atom stereocenters. The monoisotopic (exact) mass is 496 g/mol. The van der Waals surface area contributed by atoms with Crippen molar-refractivity contribution in [3.8, 4) is 0 Å². The van der Waals surface area contributed by atoms with Crippen LogP contribution in [0.2, 0.25) is 0 Å². The van der Waals surface area contributed by atoms with E-state index >= 15 is 0 Å². The summed E-state index contributed by atoms with van der Waals surface area (Å²) >= 11 is 0. The summed E-state index contributed by atoms with van der Waals surface area (Å²) in [6.45, 7) is -0.450. The lowest BCUT2D eigenvalue weighted by atomic mass is 9.91. The normalized spacial score (nSPS) is 18.6. The standard InChI is InChI=1S/C23H25F5N6O/c1-33(13-18(24)25)19-10-5-14(11-29-19)22(35)31-16-8-6-15(7-9-16)30-20-3-2-4-21-32-17(12-34(20)21)23(26,27)28/h2-5,10-12,15-16,18,30H,6-9,13H2,1H3,(H,31,35). The summed E-state index contributed by atoms with van der Waals surface area (Å²) in [6, 6.07) is 7.94. The van der Waals surface area contributed by atoms with Crippen molar-refractivity contribution in [2.75, 3.05) is 23.8 Å². The Labute approximate surface area is 198 Å². The first-order valence-electron chi connectivity index (χ1n) is 11.2. The highest BCUT2D eigenvalue weighted by molar-refractivity contribution is 5.94. The number of amides is 1. The molecule has 4 rings (SSSR count). The summed E-state index contributed by atoms with van der Waals surface area (Å²) in [4.78, 5) is 21.6. The van der Waals surface area contributed by atoms with Gasteiger partial charge in [0.1, 0.15) is 17.3 Å². The maximum atomic E-state index is 13.0. The molecule has 1 aliphatic carbocycles. The maximum absolute atomic E-state index is 13.0. The van der Waals surface area contributed by atoms with E-state index in [0.717, 1.165) is 19.0 Å². The third-order valence-electron chi connectivity index (χ3n) is 6.01. The van der Waals surface area contributed by atoms with Gasteiger partial charge in [0.2, 0.25) is 0 Å². The molecule has 1 amide bonds. The van der Waals surface area contributed by atoms with Crippen LogP contribution in [0.1, 0.15) is 41.7 Å². The first-order valence-corrected chi connectivity index (χ1v) is 11.2. The molecule has 0 spiro atoms. The minimum absolute atomic E-state index is 0.0387. The van der Waals surface area contributed by atoms with Crippen LogP contribution in [0.15, 0.2) is 42.7 Å². The first kappa shape index (κ1) is 24.7. The van der Waals surface area contributed by atoms with E-state index in [1.807, 2.05) is 0 Å². The van der Waals surface area contributed by atoms with Gasteiger partial charge in [0.25, 0.3) is 12.3 Å². The van der Waals surface area contributed by atoms with Gasteiger partial charge in [-0.25, -0.2) is 18.7 Å². The van der Waals surface area contributed by atoms with E-state index in [4.69, 9.17) is 0 Å². The molecular formula is C23H25F5N6O. The first-order chi connectivity index (χ1) is 16.6. The minimum atomic E-state index is -4.52. The Balaban J connectivity index is 1.31. The molecule has 0 aromatic carbocycles. The molecular weight excluding hydrogens is 471 g/mol. The number of fused-ring (bicyclic) bond motifs is 1. The number of nitrogens with one attached hydrogen (secondary N) is 2. The van der Waals surface area contributed by atoms with Crippen molar-refractivity contribution in [2.24, 2.45) is 0 Å². The highest BCUT2D eigenvalue weighted by Gasteiger charge is 2.34. The molecule has 3 aromatic rings. The van der Waals surface area contributed by atoms with Crippen molar-refractivity contribution < 1.29 is 26.7 Å². The number of carbonyl (C=O) groups excluding carboxylic acids is 1. The van der Waals surface area contributed by atoms with Gasteiger partial charge >= 0.3 is 6.18 Å². The maximum Gasteiger partial charge on any atom is 0.434 e. The molecule has 188 valence electrons. The predicted molar refractivity (Wildman–Crippen MR) is 121 cm³/mol. The van der Waals surface area contributed by atoms with Crippen LogP contribution in [0.5, 0.6) is 0 Å². The zero-order valence-corrected chi connectivity index (χ0v) is 18.9. The van der Waals surface area contributed by atoms with Gasteiger partial charge in [-0.3, -0.25) is 9.20 Å². The number of halogens is 5. The Morgan fingerprint density at radius 2 is 1.86 bits per heavy atom. The fourth-order valence-electron chi connectivity index (χ4n) is 4.17. The molecule has 0 atom stereocenters. The number of imidazole rings is 1. The fourth-order valence-corrected chi connectivity index (χ4v) is 4.17.